The second-order valence-electron chi connectivity index (χ2n) is 7.11. The highest BCUT2D eigenvalue weighted by Crippen LogP contribution is 2.42. The first-order valence-corrected chi connectivity index (χ1v) is 9.22. The maximum absolute atomic E-state index is 11.4. The number of rotatable bonds is 9. The van der Waals surface area contributed by atoms with Gasteiger partial charge in [0.15, 0.2) is 6.29 Å². The number of esters is 1. The zero-order valence-corrected chi connectivity index (χ0v) is 15.1. The van der Waals surface area contributed by atoms with E-state index in [2.05, 4.69) is 0 Å². The highest BCUT2D eigenvalue weighted by molar-refractivity contribution is 5.66. The largest absolute Gasteiger partial charge is 0.481 e. The lowest BCUT2D eigenvalue weighted by Gasteiger charge is -2.28. The van der Waals surface area contributed by atoms with Gasteiger partial charge in [0.25, 0.3) is 0 Å². The molecule has 2 aliphatic rings. The van der Waals surface area contributed by atoms with E-state index in [1.807, 2.05) is 6.92 Å². The number of carbonyl (C=O) groups is 2. The molecule has 0 aromatic heterocycles. The maximum atomic E-state index is 11.4. The molecule has 0 radical (unpaired) electrons. The molecule has 6 atom stereocenters. The summed E-state index contributed by atoms with van der Waals surface area (Å²) >= 11 is 0. The summed E-state index contributed by atoms with van der Waals surface area (Å²) in [4.78, 5) is 21.9. The average Bonchev–Trinajstić information content (AvgIpc) is 3.05. The molecule has 0 bridgehead atoms. The Morgan fingerprint density at radius 1 is 1.20 bits per heavy atom. The highest BCUT2D eigenvalue weighted by atomic mass is 16.7. The first kappa shape index (κ1) is 20.1. The molecule has 144 valence electrons. The van der Waals surface area contributed by atoms with E-state index in [-0.39, 0.29) is 42.7 Å². The monoisotopic (exact) mass is 358 g/mol. The van der Waals surface area contributed by atoms with Crippen LogP contribution in [0.1, 0.15) is 58.8 Å². The van der Waals surface area contributed by atoms with Crippen LogP contribution in [0, 0.1) is 11.8 Å². The van der Waals surface area contributed by atoms with E-state index in [0.717, 1.165) is 25.7 Å². The second kappa shape index (κ2) is 9.50. The Labute approximate surface area is 148 Å². The van der Waals surface area contributed by atoms with Gasteiger partial charge >= 0.3 is 11.9 Å². The minimum atomic E-state index is -0.763. The average molecular weight is 358 g/mol. The summed E-state index contributed by atoms with van der Waals surface area (Å²) in [5.41, 5.74) is 0. The predicted molar refractivity (Wildman–Crippen MR) is 88.8 cm³/mol. The van der Waals surface area contributed by atoms with Crippen LogP contribution in [0.5, 0.6) is 0 Å². The van der Waals surface area contributed by atoms with Crippen LogP contribution in [0.4, 0.5) is 0 Å². The molecule has 0 spiro atoms. The molecule has 1 unspecified atom stereocenters. The van der Waals surface area contributed by atoms with Gasteiger partial charge in [-0.05, 0) is 19.8 Å². The number of aliphatic hydroxyl groups excluding tert-OH is 1. The minimum Gasteiger partial charge on any atom is -0.481 e. The van der Waals surface area contributed by atoms with E-state index >= 15 is 0 Å². The van der Waals surface area contributed by atoms with E-state index in [1.54, 1.807) is 0 Å². The van der Waals surface area contributed by atoms with Gasteiger partial charge in [0.05, 0.1) is 18.8 Å². The van der Waals surface area contributed by atoms with Crippen LogP contribution >= 0.6 is 0 Å². The van der Waals surface area contributed by atoms with Gasteiger partial charge in [-0.3, -0.25) is 9.59 Å². The van der Waals surface area contributed by atoms with E-state index in [4.69, 9.17) is 19.3 Å². The predicted octanol–water partition coefficient (Wildman–Crippen LogP) is 2.10. The van der Waals surface area contributed by atoms with Crippen LogP contribution in [0.3, 0.4) is 0 Å². The molecule has 2 fully saturated rings. The lowest BCUT2D eigenvalue weighted by molar-refractivity contribution is -0.149. The Kier molecular flexibility index (Phi) is 7.65. The topological polar surface area (TPSA) is 102 Å². The molecule has 1 saturated heterocycles. The number of hydrogen-bond donors (Lipinski definition) is 2. The van der Waals surface area contributed by atoms with Crippen molar-refractivity contribution in [3.05, 3.63) is 0 Å². The number of carboxylic acids is 1. The summed E-state index contributed by atoms with van der Waals surface area (Å²) in [6.07, 6.45) is 3.52. The number of ether oxygens (including phenoxy) is 3. The Bertz CT molecular complexity index is 453. The van der Waals surface area contributed by atoms with Crippen molar-refractivity contribution in [1.82, 2.24) is 0 Å². The number of aliphatic hydroxyl groups is 1. The summed E-state index contributed by atoms with van der Waals surface area (Å²) in [6, 6.07) is 0. The summed E-state index contributed by atoms with van der Waals surface area (Å²) in [6.45, 7) is 3.67. The van der Waals surface area contributed by atoms with Gasteiger partial charge < -0.3 is 24.4 Å². The quantitative estimate of drug-likeness (QED) is 0.481. The lowest BCUT2D eigenvalue weighted by atomic mass is 9.85. The molecule has 1 aliphatic carbocycles. The van der Waals surface area contributed by atoms with Gasteiger partial charge in [-0.25, -0.2) is 0 Å². The third-order valence-corrected chi connectivity index (χ3v) is 5.18. The van der Waals surface area contributed by atoms with Crippen LogP contribution in [0.15, 0.2) is 0 Å². The van der Waals surface area contributed by atoms with E-state index in [9.17, 15) is 14.7 Å². The van der Waals surface area contributed by atoms with E-state index in [1.165, 1.54) is 6.92 Å². The standard InChI is InChI=1S/C18H30O7/c1-11(19)24-15-9-14(20)18(16-10-23-12(2)25-16)13(15)7-5-3-4-6-8-17(21)22/h12-16,18,20H,3-10H2,1-2H3,(H,21,22)/t12?,13-,14+,15-,16+,18+/m0/s1. The fourth-order valence-electron chi connectivity index (χ4n) is 4.12. The summed E-state index contributed by atoms with van der Waals surface area (Å²) < 4.78 is 16.7. The molecule has 0 aromatic carbocycles. The molecule has 1 saturated carbocycles. The molecule has 25 heavy (non-hydrogen) atoms. The van der Waals surface area contributed by atoms with Crippen molar-refractivity contribution in [3.8, 4) is 0 Å². The zero-order chi connectivity index (χ0) is 18.4. The Morgan fingerprint density at radius 3 is 2.52 bits per heavy atom. The van der Waals surface area contributed by atoms with Crippen molar-refractivity contribution >= 4 is 11.9 Å². The number of unbranched alkanes of at least 4 members (excludes halogenated alkanes) is 3. The zero-order valence-electron chi connectivity index (χ0n) is 15.1. The second-order valence-corrected chi connectivity index (χ2v) is 7.11. The first-order valence-electron chi connectivity index (χ1n) is 9.22. The van der Waals surface area contributed by atoms with E-state index < -0.39 is 12.1 Å². The lowest BCUT2D eigenvalue weighted by Crippen LogP contribution is -2.35. The Balaban J connectivity index is 1.89. The Morgan fingerprint density at radius 2 is 1.92 bits per heavy atom. The van der Waals surface area contributed by atoms with Crippen LogP contribution in [-0.4, -0.2) is 53.4 Å². The fourth-order valence-corrected chi connectivity index (χ4v) is 4.12. The van der Waals surface area contributed by atoms with Crippen molar-refractivity contribution in [3.63, 3.8) is 0 Å². The molecular formula is C18H30O7. The summed E-state index contributed by atoms with van der Waals surface area (Å²) in [7, 11) is 0. The van der Waals surface area contributed by atoms with Crippen molar-refractivity contribution in [1.29, 1.82) is 0 Å². The van der Waals surface area contributed by atoms with Crippen molar-refractivity contribution < 1.29 is 34.0 Å². The smallest absolute Gasteiger partial charge is 0.303 e. The number of carboxylic acid groups (broad SMARTS) is 1. The molecular weight excluding hydrogens is 328 g/mol. The highest BCUT2D eigenvalue weighted by Gasteiger charge is 2.49. The molecule has 1 aliphatic heterocycles. The van der Waals surface area contributed by atoms with Gasteiger partial charge in [-0.15, -0.1) is 0 Å². The first-order chi connectivity index (χ1) is 11.9. The molecule has 7 nitrogen and oxygen atoms in total. The van der Waals surface area contributed by atoms with Gasteiger partial charge in [0.2, 0.25) is 0 Å². The normalized spacial score (nSPS) is 35.0. The summed E-state index contributed by atoms with van der Waals surface area (Å²) in [5.74, 6) is -1.16. The Hall–Kier alpha value is -1.18. The van der Waals surface area contributed by atoms with Gasteiger partial charge in [-0.2, -0.15) is 0 Å². The fraction of sp³-hybridized carbons (Fsp3) is 0.889. The van der Waals surface area contributed by atoms with Crippen LogP contribution in [-0.2, 0) is 23.8 Å². The SMILES string of the molecule is CC(=O)O[C@H]1C[C@@H](O)[C@H]([C@H]2COC(C)O2)[C@H]1CCCCCCC(=O)O. The third kappa shape index (κ3) is 5.94. The van der Waals surface area contributed by atoms with Gasteiger partial charge in [-0.1, -0.05) is 19.3 Å². The van der Waals surface area contributed by atoms with Crippen molar-refractivity contribution in [2.45, 2.75) is 83.4 Å². The summed E-state index contributed by atoms with van der Waals surface area (Å²) in [5, 5.41) is 19.2. The third-order valence-electron chi connectivity index (χ3n) is 5.18. The molecule has 7 heteroatoms. The van der Waals surface area contributed by atoms with Gasteiger partial charge in [0, 0.05) is 31.6 Å². The number of hydrogen-bond acceptors (Lipinski definition) is 6. The minimum absolute atomic E-state index is 0.0391. The van der Waals surface area contributed by atoms with Crippen LogP contribution < -0.4 is 0 Å². The maximum Gasteiger partial charge on any atom is 0.303 e. The van der Waals surface area contributed by atoms with E-state index in [0.29, 0.717) is 19.4 Å². The molecule has 1 heterocycles. The van der Waals surface area contributed by atoms with Crippen molar-refractivity contribution in [2.24, 2.45) is 11.8 Å². The molecule has 2 rings (SSSR count). The number of aliphatic carboxylic acids is 1. The van der Waals surface area contributed by atoms with Gasteiger partial charge in [0.1, 0.15) is 6.10 Å². The van der Waals surface area contributed by atoms with Crippen LogP contribution in [0.25, 0.3) is 0 Å². The molecule has 0 aromatic rings. The molecule has 2 N–H and O–H groups in total. The molecule has 0 amide bonds. The van der Waals surface area contributed by atoms with Crippen LogP contribution in [0.2, 0.25) is 0 Å². The van der Waals surface area contributed by atoms with Crippen molar-refractivity contribution in [2.75, 3.05) is 6.61 Å². The number of carbonyl (C=O) groups excluding carboxylic acids is 1.